The van der Waals surface area contributed by atoms with Crippen LogP contribution in [0, 0.1) is 5.82 Å². The molecule has 0 aliphatic rings. The second kappa shape index (κ2) is 6.29. The van der Waals surface area contributed by atoms with Crippen LogP contribution in [0.4, 0.5) is 4.39 Å². The number of ether oxygens (including phenoxy) is 1. The quantitative estimate of drug-likeness (QED) is 0.801. The SMILES string of the molecule is CCCc1nc(COc2cc(F)ccc2Br)cs1. The number of halogens is 2. The number of rotatable bonds is 5. The lowest BCUT2D eigenvalue weighted by Gasteiger charge is -2.06. The maximum atomic E-state index is 13.1. The van der Waals surface area contributed by atoms with Gasteiger partial charge in [0, 0.05) is 11.4 Å². The van der Waals surface area contributed by atoms with E-state index in [1.54, 1.807) is 17.4 Å². The second-order valence-corrected chi connectivity index (χ2v) is 5.64. The number of thiazole rings is 1. The van der Waals surface area contributed by atoms with E-state index in [2.05, 4.69) is 27.8 Å². The maximum Gasteiger partial charge on any atom is 0.136 e. The zero-order valence-electron chi connectivity index (χ0n) is 9.95. The second-order valence-electron chi connectivity index (χ2n) is 3.85. The van der Waals surface area contributed by atoms with Crippen LogP contribution in [0.25, 0.3) is 0 Å². The van der Waals surface area contributed by atoms with E-state index in [9.17, 15) is 4.39 Å². The molecule has 5 heteroatoms. The minimum atomic E-state index is -0.307. The molecule has 0 unspecified atom stereocenters. The molecule has 96 valence electrons. The summed E-state index contributed by atoms with van der Waals surface area (Å²) >= 11 is 4.96. The van der Waals surface area contributed by atoms with Gasteiger partial charge in [-0.25, -0.2) is 9.37 Å². The van der Waals surface area contributed by atoms with Crippen molar-refractivity contribution in [1.82, 2.24) is 4.98 Å². The van der Waals surface area contributed by atoms with Crippen molar-refractivity contribution in [1.29, 1.82) is 0 Å². The first kappa shape index (κ1) is 13.5. The summed E-state index contributed by atoms with van der Waals surface area (Å²) in [5, 5.41) is 3.10. The zero-order chi connectivity index (χ0) is 13.0. The first-order chi connectivity index (χ1) is 8.69. The number of hydrogen-bond acceptors (Lipinski definition) is 3. The van der Waals surface area contributed by atoms with Gasteiger partial charge in [-0.1, -0.05) is 6.92 Å². The number of aromatic nitrogens is 1. The van der Waals surface area contributed by atoms with Gasteiger partial charge in [0.2, 0.25) is 0 Å². The van der Waals surface area contributed by atoms with Crippen molar-refractivity contribution < 1.29 is 9.13 Å². The molecule has 2 rings (SSSR count). The summed E-state index contributed by atoms with van der Waals surface area (Å²) in [6.07, 6.45) is 2.08. The molecule has 18 heavy (non-hydrogen) atoms. The van der Waals surface area contributed by atoms with Crippen molar-refractivity contribution in [2.45, 2.75) is 26.4 Å². The van der Waals surface area contributed by atoms with E-state index in [1.165, 1.54) is 12.1 Å². The Labute approximate surface area is 118 Å². The predicted molar refractivity (Wildman–Crippen MR) is 74.5 cm³/mol. The lowest BCUT2D eigenvalue weighted by molar-refractivity contribution is 0.298. The number of benzene rings is 1. The Morgan fingerprint density at radius 2 is 2.28 bits per heavy atom. The summed E-state index contributed by atoms with van der Waals surface area (Å²) in [6, 6.07) is 4.39. The standard InChI is InChI=1S/C13H13BrFNOS/c1-2-3-13-16-10(8-18-13)7-17-12-6-9(15)4-5-11(12)14/h4-6,8H,2-3,7H2,1H3. The normalized spacial score (nSPS) is 10.6. The molecule has 0 bridgehead atoms. The molecule has 0 aliphatic carbocycles. The lowest BCUT2D eigenvalue weighted by Crippen LogP contribution is -1.97. The van der Waals surface area contributed by atoms with E-state index in [1.807, 2.05) is 5.38 Å². The van der Waals surface area contributed by atoms with Crippen LogP contribution in [0.15, 0.2) is 28.1 Å². The van der Waals surface area contributed by atoms with E-state index in [0.29, 0.717) is 12.4 Å². The largest absolute Gasteiger partial charge is 0.486 e. The summed E-state index contributed by atoms with van der Waals surface area (Å²) in [5.41, 5.74) is 0.889. The van der Waals surface area contributed by atoms with Gasteiger partial charge >= 0.3 is 0 Å². The molecular formula is C13H13BrFNOS. The van der Waals surface area contributed by atoms with E-state index < -0.39 is 0 Å². The number of aryl methyl sites for hydroxylation is 1. The van der Waals surface area contributed by atoms with E-state index >= 15 is 0 Å². The van der Waals surface area contributed by atoms with Gasteiger partial charge in [0.15, 0.2) is 0 Å². The van der Waals surface area contributed by atoms with Gasteiger partial charge in [-0.15, -0.1) is 11.3 Å². The highest BCUT2D eigenvalue weighted by molar-refractivity contribution is 9.10. The van der Waals surface area contributed by atoms with Gasteiger partial charge in [-0.3, -0.25) is 0 Å². The van der Waals surface area contributed by atoms with Crippen LogP contribution in [-0.4, -0.2) is 4.98 Å². The van der Waals surface area contributed by atoms with Crippen molar-refractivity contribution in [2.24, 2.45) is 0 Å². The van der Waals surface area contributed by atoms with Crippen LogP contribution in [0.5, 0.6) is 5.75 Å². The third-order valence-corrected chi connectivity index (χ3v) is 3.94. The highest BCUT2D eigenvalue weighted by Gasteiger charge is 2.06. The predicted octanol–water partition coefficient (Wildman–Crippen LogP) is 4.58. The molecule has 0 saturated heterocycles. The molecule has 0 aliphatic heterocycles. The Hall–Kier alpha value is -0.940. The monoisotopic (exact) mass is 329 g/mol. The molecule has 0 atom stereocenters. The smallest absolute Gasteiger partial charge is 0.136 e. The van der Waals surface area contributed by atoms with Crippen LogP contribution in [0.1, 0.15) is 24.0 Å². The Kier molecular flexibility index (Phi) is 4.72. The van der Waals surface area contributed by atoms with E-state index in [0.717, 1.165) is 28.0 Å². The highest BCUT2D eigenvalue weighted by Crippen LogP contribution is 2.26. The minimum Gasteiger partial charge on any atom is -0.486 e. The number of nitrogens with zero attached hydrogens (tertiary/aromatic N) is 1. The van der Waals surface area contributed by atoms with E-state index in [-0.39, 0.29) is 5.82 Å². The average Bonchev–Trinajstić information content (AvgIpc) is 2.79. The lowest BCUT2D eigenvalue weighted by atomic mass is 10.3. The van der Waals surface area contributed by atoms with Gasteiger partial charge in [-0.05, 0) is 40.9 Å². The third-order valence-electron chi connectivity index (χ3n) is 2.33. The average molecular weight is 330 g/mol. The molecule has 1 aromatic heterocycles. The zero-order valence-corrected chi connectivity index (χ0v) is 12.4. The van der Waals surface area contributed by atoms with Crippen LogP contribution in [0.3, 0.4) is 0 Å². The van der Waals surface area contributed by atoms with Crippen LogP contribution < -0.4 is 4.74 Å². The molecule has 1 aromatic carbocycles. The number of hydrogen-bond donors (Lipinski definition) is 0. The molecule has 0 radical (unpaired) electrons. The fraction of sp³-hybridized carbons (Fsp3) is 0.308. The van der Waals surface area contributed by atoms with Crippen LogP contribution >= 0.6 is 27.3 Å². The van der Waals surface area contributed by atoms with Crippen LogP contribution in [0.2, 0.25) is 0 Å². The third kappa shape index (κ3) is 3.53. The minimum absolute atomic E-state index is 0.307. The van der Waals surface area contributed by atoms with Crippen molar-refractivity contribution in [2.75, 3.05) is 0 Å². The van der Waals surface area contributed by atoms with Crippen molar-refractivity contribution >= 4 is 27.3 Å². The molecule has 2 aromatic rings. The summed E-state index contributed by atoms with van der Waals surface area (Å²) in [4.78, 5) is 4.45. The fourth-order valence-corrected chi connectivity index (χ4v) is 2.73. The molecule has 2 nitrogen and oxygen atoms in total. The molecule has 0 amide bonds. The summed E-state index contributed by atoms with van der Waals surface area (Å²) in [6.45, 7) is 2.49. The van der Waals surface area contributed by atoms with E-state index in [4.69, 9.17) is 4.74 Å². The van der Waals surface area contributed by atoms with Crippen LogP contribution in [-0.2, 0) is 13.0 Å². The molecule has 0 saturated carbocycles. The fourth-order valence-electron chi connectivity index (χ4n) is 1.48. The summed E-state index contributed by atoms with van der Waals surface area (Å²) < 4.78 is 19.4. The Bertz CT molecular complexity index is 529. The van der Waals surface area contributed by atoms with Gasteiger partial charge in [0.1, 0.15) is 18.2 Å². The molecule has 0 spiro atoms. The first-order valence-electron chi connectivity index (χ1n) is 5.70. The Morgan fingerprint density at radius 1 is 1.44 bits per heavy atom. The maximum absolute atomic E-state index is 13.1. The molecule has 0 N–H and O–H groups in total. The summed E-state index contributed by atoms with van der Waals surface area (Å²) in [5.74, 6) is 0.193. The van der Waals surface area contributed by atoms with Crippen molar-refractivity contribution in [3.63, 3.8) is 0 Å². The molecular weight excluding hydrogens is 317 g/mol. The highest BCUT2D eigenvalue weighted by atomic mass is 79.9. The Morgan fingerprint density at radius 3 is 3.06 bits per heavy atom. The van der Waals surface area contributed by atoms with Gasteiger partial charge in [0.25, 0.3) is 0 Å². The summed E-state index contributed by atoms with van der Waals surface area (Å²) in [7, 11) is 0. The first-order valence-corrected chi connectivity index (χ1v) is 7.37. The van der Waals surface area contributed by atoms with Crippen molar-refractivity contribution in [3.8, 4) is 5.75 Å². The van der Waals surface area contributed by atoms with Crippen molar-refractivity contribution in [3.05, 3.63) is 44.6 Å². The van der Waals surface area contributed by atoms with Gasteiger partial charge in [0.05, 0.1) is 15.2 Å². The van der Waals surface area contributed by atoms with Gasteiger partial charge in [-0.2, -0.15) is 0 Å². The van der Waals surface area contributed by atoms with Gasteiger partial charge < -0.3 is 4.74 Å². The Balaban J connectivity index is 1.99. The molecule has 1 heterocycles. The molecule has 0 fully saturated rings. The topological polar surface area (TPSA) is 22.1 Å².